The van der Waals surface area contributed by atoms with E-state index >= 15 is 0 Å². The molecule has 31 heavy (non-hydrogen) atoms. The summed E-state index contributed by atoms with van der Waals surface area (Å²) in [5.74, 6) is -0.490. The molecule has 0 spiro atoms. The highest BCUT2D eigenvalue weighted by Gasteiger charge is 2.19. The van der Waals surface area contributed by atoms with Crippen LogP contribution in [-0.4, -0.2) is 59.3 Å². The Hall–Kier alpha value is -3.81. The highest BCUT2D eigenvalue weighted by Crippen LogP contribution is 2.21. The number of hydrogen-bond acceptors (Lipinski definition) is 7. The number of benzene rings is 1. The van der Waals surface area contributed by atoms with Gasteiger partial charge in [0.1, 0.15) is 5.52 Å². The molecule has 3 rings (SSSR count). The van der Waals surface area contributed by atoms with E-state index in [4.69, 9.17) is 14.8 Å². The number of carbonyl (C=O) groups excluding carboxylic acids is 2. The van der Waals surface area contributed by atoms with E-state index in [9.17, 15) is 9.59 Å². The molecule has 0 unspecified atom stereocenters. The maximum atomic E-state index is 12.7. The van der Waals surface area contributed by atoms with Gasteiger partial charge >= 0.3 is 0 Å². The molecule has 3 aromatic rings. The Morgan fingerprint density at radius 2 is 2.06 bits per heavy atom. The van der Waals surface area contributed by atoms with Crippen LogP contribution < -0.4 is 5.32 Å². The fourth-order valence-corrected chi connectivity index (χ4v) is 2.97. The number of nitrogens with one attached hydrogen (secondary N) is 1. The molecule has 2 heterocycles. The number of methoxy groups -OCH3 is 1. The quantitative estimate of drug-likeness (QED) is 0.436. The smallest absolute Gasteiger partial charge is 0.278 e. The zero-order valence-electron chi connectivity index (χ0n) is 17.5. The molecule has 0 radical (unpaired) electrons. The van der Waals surface area contributed by atoms with Crippen molar-refractivity contribution in [2.24, 2.45) is 0 Å². The van der Waals surface area contributed by atoms with Crippen LogP contribution in [0.25, 0.3) is 11.2 Å². The van der Waals surface area contributed by atoms with Crippen molar-refractivity contribution in [2.75, 3.05) is 33.2 Å². The van der Waals surface area contributed by atoms with Gasteiger partial charge in [0.25, 0.3) is 11.8 Å². The van der Waals surface area contributed by atoms with Crippen LogP contribution in [0, 0.1) is 11.3 Å². The van der Waals surface area contributed by atoms with Gasteiger partial charge < -0.3 is 4.74 Å². The monoisotopic (exact) mass is 422 g/mol. The predicted molar refractivity (Wildman–Crippen MR) is 112 cm³/mol. The number of hydrogen-bond donors (Lipinski definition) is 1. The van der Waals surface area contributed by atoms with Crippen LogP contribution in [0.2, 0.25) is 0 Å². The normalized spacial score (nSPS) is 10.6. The molecule has 0 atom stereocenters. The number of ether oxygens (including phenoxy) is 1. The lowest BCUT2D eigenvalue weighted by atomic mass is 10.1. The lowest BCUT2D eigenvalue weighted by Gasteiger charge is -2.13. The second-order valence-electron chi connectivity index (χ2n) is 6.63. The van der Waals surface area contributed by atoms with E-state index in [1.807, 2.05) is 6.07 Å². The Morgan fingerprint density at radius 1 is 1.26 bits per heavy atom. The standard InChI is InChI=1S/C21H22N6O4/c1-26(31-3)20(29)16-11-17-18(23-13-16)27(8-5-9-30-2)21(24-17)25-19(28)15-7-4-6-14(10-15)12-22/h4,6-7,10-11,13H,5,8-9H2,1-3H3,(H,24,25,28). The van der Waals surface area contributed by atoms with E-state index < -0.39 is 5.91 Å². The van der Waals surface area contributed by atoms with Gasteiger partial charge in [0, 0.05) is 39.1 Å². The number of aromatic nitrogens is 3. The van der Waals surface area contributed by atoms with Gasteiger partial charge in [0.2, 0.25) is 5.95 Å². The van der Waals surface area contributed by atoms with Gasteiger partial charge in [-0.15, -0.1) is 0 Å². The Kier molecular flexibility index (Phi) is 6.92. The Bertz CT molecular complexity index is 1150. The molecular formula is C21H22N6O4. The van der Waals surface area contributed by atoms with Gasteiger partial charge in [-0.1, -0.05) is 6.07 Å². The van der Waals surface area contributed by atoms with E-state index in [0.29, 0.717) is 47.4 Å². The van der Waals surface area contributed by atoms with Crippen molar-refractivity contribution < 1.29 is 19.2 Å². The van der Waals surface area contributed by atoms with Crippen LogP contribution in [0.3, 0.4) is 0 Å². The minimum Gasteiger partial charge on any atom is -0.385 e. The van der Waals surface area contributed by atoms with Gasteiger partial charge in [-0.3, -0.25) is 24.3 Å². The van der Waals surface area contributed by atoms with Crippen LogP contribution in [0.4, 0.5) is 5.95 Å². The molecule has 0 bridgehead atoms. The first kappa shape index (κ1) is 21.9. The summed E-state index contributed by atoms with van der Waals surface area (Å²) >= 11 is 0. The van der Waals surface area contributed by atoms with Gasteiger partial charge in [-0.25, -0.2) is 15.0 Å². The topological polar surface area (TPSA) is 122 Å². The number of nitrogens with zero attached hydrogens (tertiary/aromatic N) is 5. The lowest BCUT2D eigenvalue weighted by molar-refractivity contribution is -0.0757. The SMILES string of the molecule is COCCCn1c(NC(=O)c2cccc(C#N)c2)nc2cc(C(=O)N(C)OC)cnc21. The molecule has 2 aromatic heterocycles. The lowest BCUT2D eigenvalue weighted by Crippen LogP contribution is -2.25. The molecule has 2 amide bonds. The van der Waals surface area contributed by atoms with Crippen molar-refractivity contribution in [3.63, 3.8) is 0 Å². The molecule has 10 nitrogen and oxygen atoms in total. The molecule has 1 N–H and O–H groups in total. The summed E-state index contributed by atoms with van der Waals surface area (Å²) in [5, 5.41) is 12.9. The van der Waals surface area contributed by atoms with E-state index in [-0.39, 0.29) is 11.9 Å². The largest absolute Gasteiger partial charge is 0.385 e. The molecule has 160 valence electrons. The van der Waals surface area contributed by atoms with Crippen molar-refractivity contribution in [1.82, 2.24) is 19.6 Å². The average Bonchev–Trinajstić information content (AvgIpc) is 3.14. The maximum absolute atomic E-state index is 12.7. The van der Waals surface area contributed by atoms with E-state index in [2.05, 4.69) is 15.3 Å². The van der Waals surface area contributed by atoms with Gasteiger partial charge in [-0.2, -0.15) is 5.26 Å². The van der Waals surface area contributed by atoms with Crippen molar-refractivity contribution in [1.29, 1.82) is 5.26 Å². The Morgan fingerprint density at radius 3 is 2.77 bits per heavy atom. The van der Waals surface area contributed by atoms with Crippen molar-refractivity contribution >= 4 is 28.9 Å². The van der Waals surface area contributed by atoms with Crippen LogP contribution in [0.15, 0.2) is 36.5 Å². The number of nitriles is 1. The van der Waals surface area contributed by atoms with E-state index in [1.165, 1.54) is 26.4 Å². The van der Waals surface area contributed by atoms with Gasteiger partial charge in [-0.05, 0) is 30.7 Å². The second-order valence-corrected chi connectivity index (χ2v) is 6.63. The average molecular weight is 422 g/mol. The van der Waals surface area contributed by atoms with Crippen LogP contribution in [-0.2, 0) is 16.1 Å². The Balaban J connectivity index is 1.97. The van der Waals surface area contributed by atoms with Crippen LogP contribution >= 0.6 is 0 Å². The highest BCUT2D eigenvalue weighted by molar-refractivity contribution is 6.04. The Labute approximate surface area is 179 Å². The number of hydroxylamine groups is 2. The number of aryl methyl sites for hydroxylation is 1. The molecule has 1 aromatic carbocycles. The summed E-state index contributed by atoms with van der Waals surface area (Å²) in [6, 6.07) is 9.99. The fraction of sp³-hybridized carbons (Fsp3) is 0.286. The van der Waals surface area contributed by atoms with Crippen LogP contribution in [0.5, 0.6) is 0 Å². The first-order chi connectivity index (χ1) is 15.0. The highest BCUT2D eigenvalue weighted by atomic mass is 16.7. The number of carbonyl (C=O) groups is 2. The van der Waals surface area contributed by atoms with Crippen molar-refractivity contribution in [2.45, 2.75) is 13.0 Å². The van der Waals surface area contributed by atoms with Gasteiger partial charge in [0.15, 0.2) is 5.65 Å². The summed E-state index contributed by atoms with van der Waals surface area (Å²) in [6.45, 7) is 1.02. The summed E-state index contributed by atoms with van der Waals surface area (Å²) in [7, 11) is 4.50. The van der Waals surface area contributed by atoms with Crippen molar-refractivity contribution in [3.05, 3.63) is 53.2 Å². The molecule has 0 aliphatic carbocycles. The number of fused-ring (bicyclic) bond motifs is 1. The third-order valence-electron chi connectivity index (χ3n) is 4.60. The minimum absolute atomic E-state index is 0.288. The molecular weight excluding hydrogens is 400 g/mol. The third-order valence-corrected chi connectivity index (χ3v) is 4.60. The number of pyridine rings is 1. The first-order valence-electron chi connectivity index (χ1n) is 9.47. The molecule has 10 heteroatoms. The van der Waals surface area contributed by atoms with E-state index in [0.717, 1.165) is 5.06 Å². The third kappa shape index (κ3) is 4.85. The zero-order chi connectivity index (χ0) is 22.4. The van der Waals surface area contributed by atoms with Crippen LogP contribution in [0.1, 0.15) is 32.7 Å². The summed E-state index contributed by atoms with van der Waals surface area (Å²) in [6.07, 6.45) is 2.11. The number of amides is 2. The zero-order valence-corrected chi connectivity index (χ0v) is 17.5. The van der Waals surface area contributed by atoms with Gasteiger partial charge in [0.05, 0.1) is 24.3 Å². The number of rotatable bonds is 8. The maximum Gasteiger partial charge on any atom is 0.278 e. The summed E-state index contributed by atoms with van der Waals surface area (Å²) in [4.78, 5) is 38.9. The molecule has 0 aliphatic heterocycles. The number of anilines is 1. The van der Waals surface area contributed by atoms with Crippen molar-refractivity contribution in [3.8, 4) is 6.07 Å². The summed E-state index contributed by atoms with van der Waals surface area (Å²) < 4.78 is 6.88. The van der Waals surface area contributed by atoms with E-state index in [1.54, 1.807) is 35.9 Å². The fourth-order valence-electron chi connectivity index (χ4n) is 2.97. The minimum atomic E-state index is -0.407. The second kappa shape index (κ2) is 9.80. The predicted octanol–water partition coefficient (Wildman–Crippen LogP) is 2.23. The number of imidazole rings is 1. The molecule has 0 saturated heterocycles. The first-order valence-corrected chi connectivity index (χ1v) is 9.47. The molecule has 0 aliphatic rings. The molecule has 0 saturated carbocycles. The molecule has 0 fully saturated rings. The summed E-state index contributed by atoms with van der Waals surface area (Å²) in [5.41, 5.74) is 1.99.